The van der Waals surface area contributed by atoms with Crippen molar-refractivity contribution >= 4 is 5.91 Å². The highest BCUT2D eigenvalue weighted by Crippen LogP contribution is 2.29. The molecule has 1 saturated carbocycles. The van der Waals surface area contributed by atoms with E-state index in [1.807, 2.05) is 7.05 Å². The molecule has 1 aliphatic carbocycles. The van der Waals surface area contributed by atoms with E-state index in [9.17, 15) is 4.79 Å². The summed E-state index contributed by atoms with van der Waals surface area (Å²) in [5.41, 5.74) is 0. The van der Waals surface area contributed by atoms with Crippen molar-refractivity contribution in [2.45, 2.75) is 64.3 Å². The van der Waals surface area contributed by atoms with Crippen LogP contribution in [0.25, 0.3) is 0 Å². The summed E-state index contributed by atoms with van der Waals surface area (Å²) in [4.78, 5) is 11.8. The average Bonchev–Trinajstić information content (AvgIpc) is 2.74. The normalized spacial score (nSPS) is 23.9. The molecule has 0 heterocycles. The molecule has 0 bridgehead atoms. The van der Waals surface area contributed by atoms with Crippen molar-refractivity contribution in [1.82, 2.24) is 10.6 Å². The van der Waals surface area contributed by atoms with Crippen LogP contribution in [0.2, 0.25) is 0 Å². The van der Waals surface area contributed by atoms with Crippen LogP contribution in [0.3, 0.4) is 0 Å². The third-order valence-corrected chi connectivity index (χ3v) is 3.76. The third-order valence-electron chi connectivity index (χ3n) is 3.76. The Balaban J connectivity index is 2.21. The van der Waals surface area contributed by atoms with Gasteiger partial charge in [0.2, 0.25) is 5.91 Å². The number of amides is 1. The summed E-state index contributed by atoms with van der Waals surface area (Å²) in [6.45, 7) is 3.16. The molecule has 0 aromatic heterocycles. The Morgan fingerprint density at radius 2 is 2.12 bits per heavy atom. The molecule has 3 heteroatoms. The Morgan fingerprint density at radius 3 is 2.82 bits per heavy atom. The van der Waals surface area contributed by atoms with E-state index in [0.29, 0.717) is 12.5 Å². The molecule has 0 radical (unpaired) electrons. The summed E-state index contributed by atoms with van der Waals surface area (Å²) in [5.74, 6) is 0.983. The summed E-state index contributed by atoms with van der Waals surface area (Å²) < 4.78 is 0. The largest absolute Gasteiger partial charge is 0.353 e. The van der Waals surface area contributed by atoms with Crippen LogP contribution in [0, 0.1) is 5.92 Å². The lowest BCUT2D eigenvalue weighted by Gasteiger charge is -2.20. The maximum Gasteiger partial charge on any atom is 0.220 e. The van der Waals surface area contributed by atoms with Crippen LogP contribution in [0.15, 0.2) is 0 Å². The molecule has 17 heavy (non-hydrogen) atoms. The van der Waals surface area contributed by atoms with Crippen LogP contribution in [0.1, 0.15) is 58.3 Å². The van der Waals surface area contributed by atoms with Gasteiger partial charge >= 0.3 is 0 Å². The molecule has 1 amide bonds. The van der Waals surface area contributed by atoms with Gasteiger partial charge in [0.05, 0.1) is 0 Å². The molecule has 0 spiro atoms. The highest BCUT2D eigenvalue weighted by atomic mass is 16.1. The number of hydrogen-bond acceptors (Lipinski definition) is 2. The quantitative estimate of drug-likeness (QED) is 0.640. The fourth-order valence-electron chi connectivity index (χ4n) is 2.74. The monoisotopic (exact) mass is 240 g/mol. The van der Waals surface area contributed by atoms with Crippen LogP contribution in [-0.4, -0.2) is 25.5 Å². The number of unbranched alkanes of at least 4 members (excludes halogenated alkanes) is 1. The Morgan fingerprint density at radius 1 is 1.29 bits per heavy atom. The van der Waals surface area contributed by atoms with E-state index in [1.54, 1.807) is 0 Å². The first-order chi connectivity index (χ1) is 8.27. The molecule has 1 rings (SSSR count). The van der Waals surface area contributed by atoms with Crippen molar-refractivity contribution in [1.29, 1.82) is 0 Å². The fourth-order valence-corrected chi connectivity index (χ4v) is 2.74. The molecule has 2 unspecified atom stereocenters. The maximum atomic E-state index is 11.8. The van der Waals surface area contributed by atoms with Gasteiger partial charge in [-0.25, -0.2) is 0 Å². The molecule has 2 atom stereocenters. The molecule has 0 aromatic carbocycles. The summed E-state index contributed by atoms with van der Waals surface area (Å²) in [6, 6.07) is 0.462. The van der Waals surface area contributed by atoms with E-state index in [4.69, 9.17) is 0 Å². The Labute approximate surface area is 106 Å². The second-order valence-corrected chi connectivity index (χ2v) is 5.21. The number of rotatable bonds is 8. The van der Waals surface area contributed by atoms with E-state index in [0.717, 1.165) is 18.9 Å². The molecular formula is C14H28N2O. The lowest BCUT2D eigenvalue weighted by atomic mass is 9.96. The number of hydrogen-bond donors (Lipinski definition) is 2. The van der Waals surface area contributed by atoms with Gasteiger partial charge in [-0.1, -0.05) is 26.2 Å². The topological polar surface area (TPSA) is 41.1 Å². The highest BCUT2D eigenvalue weighted by molar-refractivity contribution is 5.76. The zero-order valence-electron chi connectivity index (χ0n) is 11.4. The molecule has 1 aliphatic rings. The average molecular weight is 240 g/mol. The standard InChI is InChI=1S/C14H28N2O/c1-3-4-7-12-8-5-9-13(12)16-14(17)10-6-11-15-2/h12-13,15H,3-11H2,1-2H3,(H,16,17). The van der Waals surface area contributed by atoms with Crippen molar-refractivity contribution in [3.63, 3.8) is 0 Å². The van der Waals surface area contributed by atoms with Crippen LogP contribution < -0.4 is 10.6 Å². The predicted molar refractivity (Wildman–Crippen MR) is 72.0 cm³/mol. The van der Waals surface area contributed by atoms with Gasteiger partial charge in [-0.05, 0) is 45.2 Å². The SMILES string of the molecule is CCCCC1CCCC1NC(=O)CCCNC. The minimum atomic E-state index is 0.244. The summed E-state index contributed by atoms with van der Waals surface area (Å²) >= 11 is 0. The van der Waals surface area contributed by atoms with Gasteiger partial charge in [0.15, 0.2) is 0 Å². The van der Waals surface area contributed by atoms with Crippen molar-refractivity contribution in [2.24, 2.45) is 5.92 Å². The van der Waals surface area contributed by atoms with E-state index in [1.165, 1.54) is 38.5 Å². The van der Waals surface area contributed by atoms with Crippen molar-refractivity contribution in [2.75, 3.05) is 13.6 Å². The van der Waals surface area contributed by atoms with Crippen LogP contribution in [0.4, 0.5) is 0 Å². The first-order valence-corrected chi connectivity index (χ1v) is 7.22. The third kappa shape index (κ3) is 5.53. The van der Waals surface area contributed by atoms with Gasteiger partial charge in [-0.15, -0.1) is 0 Å². The van der Waals surface area contributed by atoms with E-state index >= 15 is 0 Å². The molecule has 0 saturated heterocycles. The first-order valence-electron chi connectivity index (χ1n) is 7.22. The number of nitrogens with one attached hydrogen (secondary N) is 2. The lowest BCUT2D eigenvalue weighted by Crippen LogP contribution is -2.37. The molecule has 0 aromatic rings. The van der Waals surface area contributed by atoms with Crippen molar-refractivity contribution < 1.29 is 4.79 Å². The predicted octanol–water partition coefficient (Wildman–Crippen LogP) is 2.46. The van der Waals surface area contributed by atoms with Crippen LogP contribution in [-0.2, 0) is 4.79 Å². The van der Waals surface area contributed by atoms with E-state index in [-0.39, 0.29) is 5.91 Å². The molecular weight excluding hydrogens is 212 g/mol. The molecule has 2 N–H and O–H groups in total. The van der Waals surface area contributed by atoms with E-state index in [2.05, 4.69) is 17.6 Å². The summed E-state index contributed by atoms with van der Waals surface area (Å²) in [5, 5.41) is 6.30. The van der Waals surface area contributed by atoms with Gasteiger partial charge in [0.1, 0.15) is 0 Å². The van der Waals surface area contributed by atoms with E-state index < -0.39 is 0 Å². The summed E-state index contributed by atoms with van der Waals surface area (Å²) in [7, 11) is 1.93. The zero-order valence-corrected chi connectivity index (χ0v) is 11.4. The zero-order chi connectivity index (χ0) is 12.5. The lowest BCUT2D eigenvalue weighted by molar-refractivity contribution is -0.122. The minimum Gasteiger partial charge on any atom is -0.353 e. The Kier molecular flexibility index (Phi) is 7.25. The van der Waals surface area contributed by atoms with Crippen molar-refractivity contribution in [3.8, 4) is 0 Å². The molecule has 100 valence electrons. The first kappa shape index (κ1) is 14.5. The van der Waals surface area contributed by atoms with Gasteiger partial charge in [0.25, 0.3) is 0 Å². The van der Waals surface area contributed by atoms with Crippen LogP contribution in [0.5, 0.6) is 0 Å². The second kappa shape index (κ2) is 8.51. The highest BCUT2D eigenvalue weighted by Gasteiger charge is 2.27. The molecule has 0 aliphatic heterocycles. The van der Waals surface area contributed by atoms with Gasteiger partial charge in [-0.3, -0.25) is 4.79 Å². The maximum absolute atomic E-state index is 11.8. The van der Waals surface area contributed by atoms with Gasteiger partial charge in [-0.2, -0.15) is 0 Å². The summed E-state index contributed by atoms with van der Waals surface area (Å²) in [6.07, 6.45) is 9.24. The fraction of sp³-hybridized carbons (Fsp3) is 0.929. The Hall–Kier alpha value is -0.570. The van der Waals surface area contributed by atoms with Crippen LogP contribution >= 0.6 is 0 Å². The number of carbonyl (C=O) groups is 1. The molecule has 1 fully saturated rings. The minimum absolute atomic E-state index is 0.244. The Bertz CT molecular complexity index is 218. The van der Waals surface area contributed by atoms with Crippen molar-refractivity contribution in [3.05, 3.63) is 0 Å². The molecule has 3 nitrogen and oxygen atoms in total. The second-order valence-electron chi connectivity index (χ2n) is 5.21. The van der Waals surface area contributed by atoms with Gasteiger partial charge < -0.3 is 10.6 Å². The van der Waals surface area contributed by atoms with Gasteiger partial charge in [0, 0.05) is 12.5 Å². The number of carbonyl (C=O) groups excluding carboxylic acids is 1. The smallest absolute Gasteiger partial charge is 0.220 e.